The molecule has 1 atom stereocenters. The van der Waals surface area contributed by atoms with Crippen molar-refractivity contribution in [3.63, 3.8) is 0 Å². The number of ketones is 1. The third-order valence-corrected chi connectivity index (χ3v) is 5.60. The molecule has 1 aliphatic carbocycles. The zero-order valence-corrected chi connectivity index (χ0v) is 14.4. The molecular weight excluding hydrogens is 284 g/mol. The van der Waals surface area contributed by atoms with Gasteiger partial charge in [0.05, 0.1) is 12.6 Å². The van der Waals surface area contributed by atoms with E-state index in [9.17, 15) is 4.79 Å². The van der Waals surface area contributed by atoms with Gasteiger partial charge in [-0.2, -0.15) is 0 Å². The number of fused-ring (bicyclic) bond motifs is 3. The van der Waals surface area contributed by atoms with Gasteiger partial charge in [-0.1, -0.05) is 19.9 Å². The summed E-state index contributed by atoms with van der Waals surface area (Å²) in [7, 11) is 0. The first kappa shape index (κ1) is 14.9. The third kappa shape index (κ3) is 2.33. The van der Waals surface area contributed by atoms with Crippen molar-refractivity contribution in [3.05, 3.63) is 35.0 Å². The minimum atomic E-state index is 0.281. The molecule has 3 nitrogen and oxygen atoms in total. The Bertz CT molecular complexity index is 772. The number of carbonyl (C=O) groups excluding carboxylic acids is 1. The minimum absolute atomic E-state index is 0.281. The summed E-state index contributed by atoms with van der Waals surface area (Å²) in [6.45, 7) is 8.84. The molecule has 2 aliphatic rings. The molecule has 0 spiro atoms. The monoisotopic (exact) mass is 310 g/mol. The summed E-state index contributed by atoms with van der Waals surface area (Å²) >= 11 is 0. The summed E-state index contributed by atoms with van der Waals surface area (Å²) in [4.78, 5) is 14.0. The van der Waals surface area contributed by atoms with Gasteiger partial charge in [-0.25, -0.2) is 0 Å². The molecule has 0 fully saturated rings. The van der Waals surface area contributed by atoms with Crippen LogP contribution in [0, 0.1) is 0 Å². The maximum atomic E-state index is 11.6. The molecule has 0 bridgehead atoms. The maximum Gasteiger partial charge on any atom is 0.143 e. The lowest BCUT2D eigenvalue weighted by Crippen LogP contribution is -2.41. The maximum absolute atomic E-state index is 11.6. The Morgan fingerprint density at radius 1 is 1.30 bits per heavy atom. The SMILES string of the molecule is CC(=O)CN1CCn2c3c(c4cc(C(C)C)ccc42)CCCC31. The van der Waals surface area contributed by atoms with Crippen molar-refractivity contribution in [2.24, 2.45) is 0 Å². The highest BCUT2D eigenvalue weighted by atomic mass is 16.1. The van der Waals surface area contributed by atoms with Crippen LogP contribution in [0.5, 0.6) is 0 Å². The second kappa shape index (κ2) is 5.48. The molecule has 1 aromatic carbocycles. The number of aromatic nitrogens is 1. The van der Waals surface area contributed by atoms with E-state index in [0.29, 0.717) is 18.5 Å². The molecule has 122 valence electrons. The molecule has 0 saturated carbocycles. The van der Waals surface area contributed by atoms with Crippen LogP contribution in [0.3, 0.4) is 0 Å². The van der Waals surface area contributed by atoms with Crippen LogP contribution in [-0.4, -0.2) is 28.3 Å². The van der Waals surface area contributed by atoms with Gasteiger partial charge in [-0.15, -0.1) is 0 Å². The summed E-state index contributed by atoms with van der Waals surface area (Å²) in [6.07, 6.45) is 3.61. The van der Waals surface area contributed by atoms with Crippen LogP contribution in [0.25, 0.3) is 10.9 Å². The Balaban J connectivity index is 1.87. The fourth-order valence-electron chi connectivity index (χ4n) is 4.53. The Kier molecular flexibility index (Phi) is 3.56. The lowest BCUT2D eigenvalue weighted by molar-refractivity contribution is -0.119. The zero-order chi connectivity index (χ0) is 16.1. The van der Waals surface area contributed by atoms with Crippen LogP contribution in [0.4, 0.5) is 0 Å². The first-order valence-electron chi connectivity index (χ1n) is 8.94. The molecule has 23 heavy (non-hydrogen) atoms. The van der Waals surface area contributed by atoms with Crippen molar-refractivity contribution in [3.8, 4) is 0 Å². The molecule has 0 radical (unpaired) electrons. The van der Waals surface area contributed by atoms with Gasteiger partial charge in [0.15, 0.2) is 0 Å². The molecule has 0 saturated heterocycles. The predicted octanol–water partition coefficient (Wildman–Crippen LogP) is 4.05. The van der Waals surface area contributed by atoms with Gasteiger partial charge in [0.25, 0.3) is 0 Å². The first-order chi connectivity index (χ1) is 11.1. The second-order valence-electron chi connectivity index (χ2n) is 7.53. The van der Waals surface area contributed by atoms with Gasteiger partial charge < -0.3 is 4.57 Å². The lowest BCUT2D eigenvalue weighted by Gasteiger charge is -2.39. The summed E-state index contributed by atoms with van der Waals surface area (Å²) in [5, 5.41) is 1.46. The number of hydrogen-bond donors (Lipinski definition) is 0. The number of Topliss-reactive ketones (excluding diaryl/α,β-unsaturated/α-hetero) is 1. The molecule has 1 aliphatic heterocycles. The highest BCUT2D eigenvalue weighted by Crippen LogP contribution is 2.42. The lowest BCUT2D eigenvalue weighted by atomic mass is 9.89. The summed E-state index contributed by atoms with van der Waals surface area (Å²) in [5.41, 5.74) is 5.87. The highest BCUT2D eigenvalue weighted by molar-refractivity contribution is 5.87. The minimum Gasteiger partial charge on any atom is -0.342 e. The number of aryl methyl sites for hydroxylation is 1. The average Bonchev–Trinajstić information content (AvgIpc) is 2.85. The van der Waals surface area contributed by atoms with Crippen molar-refractivity contribution in [1.82, 2.24) is 9.47 Å². The van der Waals surface area contributed by atoms with Gasteiger partial charge >= 0.3 is 0 Å². The Morgan fingerprint density at radius 2 is 2.13 bits per heavy atom. The fraction of sp³-hybridized carbons (Fsp3) is 0.550. The average molecular weight is 310 g/mol. The van der Waals surface area contributed by atoms with E-state index < -0.39 is 0 Å². The van der Waals surface area contributed by atoms with E-state index in [4.69, 9.17) is 0 Å². The molecule has 0 amide bonds. The highest BCUT2D eigenvalue weighted by Gasteiger charge is 2.35. The van der Waals surface area contributed by atoms with Crippen LogP contribution < -0.4 is 0 Å². The predicted molar refractivity (Wildman–Crippen MR) is 94.0 cm³/mol. The van der Waals surface area contributed by atoms with Crippen LogP contribution in [0.15, 0.2) is 18.2 Å². The number of hydrogen-bond acceptors (Lipinski definition) is 2. The van der Waals surface area contributed by atoms with E-state index in [1.54, 1.807) is 12.5 Å². The van der Waals surface area contributed by atoms with Gasteiger partial charge in [-0.05, 0) is 55.4 Å². The second-order valence-corrected chi connectivity index (χ2v) is 7.53. The number of nitrogens with zero attached hydrogens (tertiary/aromatic N) is 2. The van der Waals surface area contributed by atoms with Crippen LogP contribution >= 0.6 is 0 Å². The van der Waals surface area contributed by atoms with Gasteiger partial charge in [0.2, 0.25) is 0 Å². The molecule has 0 N–H and O–H groups in total. The van der Waals surface area contributed by atoms with E-state index >= 15 is 0 Å². The zero-order valence-electron chi connectivity index (χ0n) is 14.4. The van der Waals surface area contributed by atoms with Crippen LogP contribution in [0.2, 0.25) is 0 Å². The van der Waals surface area contributed by atoms with E-state index in [-0.39, 0.29) is 5.78 Å². The third-order valence-electron chi connectivity index (χ3n) is 5.60. The summed E-state index contributed by atoms with van der Waals surface area (Å²) in [6, 6.07) is 7.46. The van der Waals surface area contributed by atoms with Crippen LogP contribution in [-0.2, 0) is 17.8 Å². The molecular formula is C20H26N2O. The number of benzene rings is 1. The quantitative estimate of drug-likeness (QED) is 0.854. The van der Waals surface area contributed by atoms with Gasteiger partial charge in [0.1, 0.15) is 5.78 Å². The normalized spacial score (nSPS) is 21.0. The Morgan fingerprint density at radius 3 is 2.87 bits per heavy atom. The van der Waals surface area contributed by atoms with Crippen molar-refractivity contribution >= 4 is 16.7 Å². The summed E-state index contributed by atoms with van der Waals surface area (Å²) in [5.74, 6) is 0.848. The Hall–Kier alpha value is -1.61. The van der Waals surface area contributed by atoms with E-state index in [0.717, 1.165) is 13.1 Å². The largest absolute Gasteiger partial charge is 0.342 e. The van der Waals surface area contributed by atoms with Crippen LogP contribution in [0.1, 0.15) is 62.4 Å². The van der Waals surface area contributed by atoms with Crippen molar-refractivity contribution in [2.45, 2.75) is 58.5 Å². The van der Waals surface area contributed by atoms with E-state index in [1.807, 2.05) is 0 Å². The van der Waals surface area contributed by atoms with Gasteiger partial charge in [0, 0.05) is 29.7 Å². The molecule has 1 aromatic heterocycles. The molecule has 3 heteroatoms. The fourth-order valence-corrected chi connectivity index (χ4v) is 4.53. The first-order valence-corrected chi connectivity index (χ1v) is 8.94. The molecule has 2 aromatic rings. The van der Waals surface area contributed by atoms with Crippen molar-refractivity contribution in [1.29, 1.82) is 0 Å². The van der Waals surface area contributed by atoms with Crippen molar-refractivity contribution < 1.29 is 4.79 Å². The van der Waals surface area contributed by atoms with Gasteiger partial charge in [-0.3, -0.25) is 9.69 Å². The smallest absolute Gasteiger partial charge is 0.143 e. The Labute approximate surface area is 138 Å². The van der Waals surface area contributed by atoms with E-state index in [2.05, 4.69) is 41.5 Å². The topological polar surface area (TPSA) is 25.2 Å². The van der Waals surface area contributed by atoms with E-state index in [1.165, 1.54) is 41.4 Å². The summed E-state index contributed by atoms with van der Waals surface area (Å²) < 4.78 is 2.54. The molecule has 2 heterocycles. The molecule has 1 unspecified atom stereocenters. The number of rotatable bonds is 3. The number of carbonyl (C=O) groups is 1. The standard InChI is InChI=1S/C20H26N2O/c1-13(2)15-7-8-18-17(11-15)16-5-4-6-19-20(16)22(18)10-9-21(19)12-14(3)23/h7-8,11,13,19H,4-6,9-10,12H2,1-3H3. The molecule has 4 rings (SSSR count). The van der Waals surface area contributed by atoms with Crippen molar-refractivity contribution in [2.75, 3.05) is 13.1 Å².